The largest absolute Gasteiger partial charge is 0.477 e. The number of aromatic carboxylic acids is 1. The molecular formula is C15H7Cl4NO2S. The summed E-state index contributed by atoms with van der Waals surface area (Å²) in [6, 6.07) is 8.35. The fraction of sp³-hybridized carbons (Fsp3) is 0. The minimum Gasteiger partial charge on any atom is -0.477 e. The number of hydrogen-bond donors (Lipinski definition) is 2. The van der Waals surface area contributed by atoms with Crippen molar-refractivity contribution in [2.45, 2.75) is 9.79 Å². The fourth-order valence-corrected chi connectivity index (χ4v) is 4.05. The average Bonchev–Trinajstić information content (AvgIpc) is 2.93. The highest BCUT2D eigenvalue weighted by molar-refractivity contribution is 7.99. The molecule has 0 radical (unpaired) electrons. The fourth-order valence-electron chi connectivity index (χ4n) is 2.07. The Hall–Kier alpha value is -1.04. The zero-order valence-corrected chi connectivity index (χ0v) is 15.0. The van der Waals surface area contributed by atoms with Gasteiger partial charge in [-0.2, -0.15) is 0 Å². The predicted octanol–water partition coefficient (Wildman–Crippen LogP) is 6.63. The lowest BCUT2D eigenvalue weighted by molar-refractivity contribution is 0.0691. The van der Waals surface area contributed by atoms with Gasteiger partial charge in [0.25, 0.3) is 0 Å². The van der Waals surface area contributed by atoms with Crippen LogP contribution < -0.4 is 0 Å². The molecule has 118 valence electrons. The maximum Gasteiger partial charge on any atom is 0.352 e. The molecule has 0 fully saturated rings. The van der Waals surface area contributed by atoms with Gasteiger partial charge in [-0.15, -0.1) is 0 Å². The van der Waals surface area contributed by atoms with Gasteiger partial charge < -0.3 is 10.1 Å². The number of aromatic amines is 1. The van der Waals surface area contributed by atoms with E-state index in [1.54, 1.807) is 24.3 Å². The third kappa shape index (κ3) is 3.28. The molecule has 0 aliphatic carbocycles. The van der Waals surface area contributed by atoms with E-state index < -0.39 is 5.97 Å². The summed E-state index contributed by atoms with van der Waals surface area (Å²) >= 11 is 25.7. The molecule has 2 N–H and O–H groups in total. The zero-order chi connectivity index (χ0) is 16.7. The van der Waals surface area contributed by atoms with Gasteiger partial charge >= 0.3 is 5.97 Å². The van der Waals surface area contributed by atoms with Crippen LogP contribution in [0.2, 0.25) is 20.1 Å². The van der Waals surface area contributed by atoms with Crippen molar-refractivity contribution in [1.82, 2.24) is 4.98 Å². The lowest BCUT2D eigenvalue weighted by Crippen LogP contribution is -1.94. The maximum atomic E-state index is 11.2. The Morgan fingerprint density at radius 2 is 1.74 bits per heavy atom. The van der Waals surface area contributed by atoms with E-state index in [1.165, 1.54) is 17.8 Å². The zero-order valence-electron chi connectivity index (χ0n) is 11.2. The topological polar surface area (TPSA) is 53.1 Å². The molecule has 0 aliphatic rings. The van der Waals surface area contributed by atoms with Crippen LogP contribution in [0.5, 0.6) is 0 Å². The molecule has 2 aromatic carbocycles. The molecule has 1 heterocycles. The van der Waals surface area contributed by atoms with E-state index in [2.05, 4.69) is 4.98 Å². The summed E-state index contributed by atoms with van der Waals surface area (Å²) in [6.07, 6.45) is 0. The third-order valence-corrected chi connectivity index (χ3v) is 5.70. The van der Waals surface area contributed by atoms with Crippen LogP contribution in [-0.4, -0.2) is 16.1 Å². The van der Waals surface area contributed by atoms with Crippen molar-refractivity contribution >= 4 is 75.0 Å². The summed E-state index contributed by atoms with van der Waals surface area (Å²) in [5.74, 6) is -1.08. The number of halogens is 4. The highest BCUT2D eigenvalue weighted by Crippen LogP contribution is 2.42. The van der Waals surface area contributed by atoms with Gasteiger partial charge in [0.15, 0.2) is 0 Å². The Morgan fingerprint density at radius 3 is 2.39 bits per heavy atom. The maximum absolute atomic E-state index is 11.2. The Kier molecular flexibility index (Phi) is 4.72. The van der Waals surface area contributed by atoms with Crippen LogP contribution in [0.25, 0.3) is 10.9 Å². The summed E-state index contributed by atoms with van der Waals surface area (Å²) in [5.41, 5.74) is 0.511. The van der Waals surface area contributed by atoms with Crippen molar-refractivity contribution in [1.29, 1.82) is 0 Å². The first-order chi connectivity index (χ1) is 10.9. The molecule has 0 aliphatic heterocycles. The van der Waals surface area contributed by atoms with Crippen LogP contribution in [0.4, 0.5) is 0 Å². The van der Waals surface area contributed by atoms with Gasteiger partial charge in [0.1, 0.15) is 5.69 Å². The van der Waals surface area contributed by atoms with Gasteiger partial charge in [-0.25, -0.2) is 4.79 Å². The molecule has 0 spiro atoms. The van der Waals surface area contributed by atoms with Gasteiger partial charge in [-0.3, -0.25) is 0 Å². The molecule has 3 nitrogen and oxygen atoms in total. The van der Waals surface area contributed by atoms with Crippen molar-refractivity contribution < 1.29 is 9.90 Å². The first-order valence-corrected chi connectivity index (χ1v) is 8.56. The molecule has 0 saturated heterocycles. The van der Waals surface area contributed by atoms with Gasteiger partial charge in [-0.1, -0.05) is 58.2 Å². The van der Waals surface area contributed by atoms with Crippen LogP contribution in [0, 0.1) is 0 Å². The molecular weight excluding hydrogens is 400 g/mol. The van der Waals surface area contributed by atoms with Crippen LogP contribution in [-0.2, 0) is 0 Å². The molecule has 23 heavy (non-hydrogen) atoms. The Labute approximate surface area is 155 Å². The number of carbonyl (C=O) groups is 1. The normalized spacial score (nSPS) is 11.1. The number of nitrogens with one attached hydrogen (secondary N) is 1. The summed E-state index contributed by atoms with van der Waals surface area (Å²) in [6.45, 7) is 0. The van der Waals surface area contributed by atoms with E-state index in [0.29, 0.717) is 26.0 Å². The number of H-pyrrole nitrogens is 1. The van der Waals surface area contributed by atoms with Crippen molar-refractivity contribution in [2.24, 2.45) is 0 Å². The first-order valence-electron chi connectivity index (χ1n) is 6.23. The highest BCUT2D eigenvalue weighted by Gasteiger charge is 2.17. The number of carboxylic acid groups (broad SMARTS) is 1. The lowest BCUT2D eigenvalue weighted by Gasteiger charge is -2.08. The Bertz CT molecular complexity index is 939. The van der Waals surface area contributed by atoms with Crippen LogP contribution in [0.15, 0.2) is 40.1 Å². The van der Waals surface area contributed by atoms with Gasteiger partial charge in [-0.05, 0) is 30.3 Å². The van der Waals surface area contributed by atoms with Gasteiger partial charge in [0.2, 0.25) is 0 Å². The molecule has 1 aromatic heterocycles. The second kappa shape index (κ2) is 6.46. The standard InChI is InChI=1S/C15H7Cl4NO2S/c16-6-1-2-11(8(17)3-6)23-12-5-9(18)13(19)14-7(12)4-10(20-14)15(21)22/h1-5,20H,(H,21,22). The molecule has 0 saturated carbocycles. The number of benzene rings is 2. The minimum absolute atomic E-state index is 0.0354. The Morgan fingerprint density at radius 1 is 1.00 bits per heavy atom. The van der Waals surface area contributed by atoms with Crippen LogP contribution in [0.1, 0.15) is 10.5 Å². The average molecular weight is 407 g/mol. The molecule has 0 atom stereocenters. The molecule has 3 rings (SSSR count). The molecule has 3 aromatic rings. The van der Waals surface area contributed by atoms with E-state index in [0.717, 1.165) is 9.79 Å². The van der Waals surface area contributed by atoms with Crippen LogP contribution in [0.3, 0.4) is 0 Å². The van der Waals surface area contributed by atoms with Crippen molar-refractivity contribution in [2.75, 3.05) is 0 Å². The van der Waals surface area contributed by atoms with Crippen molar-refractivity contribution in [3.8, 4) is 0 Å². The van der Waals surface area contributed by atoms with Gasteiger partial charge in [0, 0.05) is 20.2 Å². The second-order valence-electron chi connectivity index (χ2n) is 4.62. The number of hydrogen-bond acceptors (Lipinski definition) is 2. The highest BCUT2D eigenvalue weighted by atomic mass is 35.5. The van der Waals surface area contributed by atoms with E-state index >= 15 is 0 Å². The van der Waals surface area contributed by atoms with E-state index in [9.17, 15) is 4.79 Å². The first kappa shape index (κ1) is 16.8. The second-order valence-corrected chi connectivity index (χ2v) is 7.34. The molecule has 0 unspecified atom stereocenters. The SMILES string of the molecule is O=C(O)c1cc2c(Sc3ccc(Cl)cc3Cl)cc(Cl)c(Cl)c2[nH]1. The summed E-state index contributed by atoms with van der Waals surface area (Å²) in [7, 11) is 0. The van der Waals surface area contributed by atoms with E-state index in [4.69, 9.17) is 51.5 Å². The van der Waals surface area contributed by atoms with Crippen LogP contribution >= 0.6 is 58.2 Å². The summed E-state index contributed by atoms with van der Waals surface area (Å²) in [5, 5.41) is 11.4. The molecule has 8 heteroatoms. The third-order valence-electron chi connectivity index (χ3n) is 3.11. The minimum atomic E-state index is -1.08. The summed E-state index contributed by atoms with van der Waals surface area (Å²) in [4.78, 5) is 15.5. The summed E-state index contributed by atoms with van der Waals surface area (Å²) < 4.78 is 0. The number of rotatable bonds is 3. The Balaban J connectivity index is 2.16. The lowest BCUT2D eigenvalue weighted by atomic mass is 10.2. The van der Waals surface area contributed by atoms with E-state index in [1.807, 2.05) is 0 Å². The monoisotopic (exact) mass is 405 g/mol. The van der Waals surface area contributed by atoms with Crippen molar-refractivity contribution in [3.63, 3.8) is 0 Å². The number of carboxylic acids is 1. The van der Waals surface area contributed by atoms with Crippen molar-refractivity contribution in [3.05, 3.63) is 56.1 Å². The molecule has 0 bridgehead atoms. The smallest absolute Gasteiger partial charge is 0.352 e. The quantitative estimate of drug-likeness (QED) is 0.513. The molecule has 0 amide bonds. The van der Waals surface area contributed by atoms with Gasteiger partial charge in [0.05, 0.1) is 20.6 Å². The number of fused-ring (bicyclic) bond motifs is 1. The number of aromatic nitrogens is 1. The van der Waals surface area contributed by atoms with E-state index in [-0.39, 0.29) is 10.7 Å². The predicted molar refractivity (Wildman–Crippen MR) is 95.9 cm³/mol.